The van der Waals surface area contributed by atoms with Crippen LogP contribution in [0.1, 0.15) is 28.4 Å². The number of rotatable bonds is 7. The Labute approximate surface area is 102 Å². The van der Waals surface area contributed by atoms with Crippen LogP contribution in [0.4, 0.5) is 0 Å². The molecule has 1 amide bonds. The van der Waals surface area contributed by atoms with Gasteiger partial charge < -0.3 is 15.8 Å². The van der Waals surface area contributed by atoms with Crippen LogP contribution in [0.25, 0.3) is 0 Å². The van der Waals surface area contributed by atoms with Crippen molar-refractivity contribution in [3.63, 3.8) is 0 Å². The Morgan fingerprint density at radius 3 is 2.82 bits per heavy atom. The van der Waals surface area contributed by atoms with Crippen LogP contribution in [-0.4, -0.2) is 25.6 Å². The number of carbonyl (C=O) groups excluding carboxylic acids is 1. The maximum absolute atomic E-state index is 11.0. The molecule has 3 N–H and O–H groups in total. The Morgan fingerprint density at radius 1 is 1.47 bits per heavy atom. The van der Waals surface area contributed by atoms with Crippen molar-refractivity contribution in [2.45, 2.75) is 20.5 Å². The van der Waals surface area contributed by atoms with Crippen molar-refractivity contribution >= 4 is 5.91 Å². The number of carbonyl (C=O) groups is 1. The fourth-order valence-corrected chi connectivity index (χ4v) is 1.51. The molecule has 0 aliphatic carbocycles. The molecule has 0 bridgehead atoms. The van der Waals surface area contributed by atoms with Crippen LogP contribution in [0, 0.1) is 6.92 Å². The molecule has 0 heterocycles. The summed E-state index contributed by atoms with van der Waals surface area (Å²) >= 11 is 0. The molecule has 0 radical (unpaired) electrons. The molecule has 17 heavy (non-hydrogen) atoms. The van der Waals surface area contributed by atoms with Crippen molar-refractivity contribution in [1.82, 2.24) is 5.32 Å². The average molecular weight is 236 g/mol. The maximum Gasteiger partial charge on any atom is 0.248 e. The van der Waals surface area contributed by atoms with E-state index in [1.165, 1.54) is 0 Å². The van der Waals surface area contributed by atoms with Crippen molar-refractivity contribution in [3.8, 4) is 0 Å². The zero-order chi connectivity index (χ0) is 12.7. The van der Waals surface area contributed by atoms with E-state index in [1.54, 1.807) is 12.1 Å². The molecule has 0 fully saturated rings. The molecule has 0 saturated heterocycles. The van der Waals surface area contributed by atoms with E-state index in [2.05, 4.69) is 12.2 Å². The summed E-state index contributed by atoms with van der Waals surface area (Å²) in [4.78, 5) is 11.0. The summed E-state index contributed by atoms with van der Waals surface area (Å²) in [6.07, 6.45) is 0. The molecule has 1 rings (SSSR count). The Bertz CT molecular complexity index is 378. The highest BCUT2D eigenvalue weighted by molar-refractivity contribution is 5.93. The summed E-state index contributed by atoms with van der Waals surface area (Å²) in [5, 5.41) is 3.19. The van der Waals surface area contributed by atoms with Gasteiger partial charge in [0.25, 0.3) is 0 Å². The second kappa shape index (κ2) is 7.04. The van der Waals surface area contributed by atoms with Gasteiger partial charge in [-0.05, 0) is 36.7 Å². The lowest BCUT2D eigenvalue weighted by Crippen LogP contribution is -2.19. The molecular weight excluding hydrogens is 216 g/mol. The predicted molar refractivity (Wildman–Crippen MR) is 67.9 cm³/mol. The number of nitrogens with one attached hydrogen (secondary N) is 1. The quantitative estimate of drug-likeness (QED) is 0.700. The van der Waals surface area contributed by atoms with E-state index in [1.807, 2.05) is 13.0 Å². The lowest BCUT2D eigenvalue weighted by molar-refractivity contribution is 0.0999. The minimum absolute atomic E-state index is 0.396. The number of nitrogens with two attached hydrogens (primary N) is 1. The zero-order valence-corrected chi connectivity index (χ0v) is 10.5. The Hall–Kier alpha value is -1.39. The molecule has 4 nitrogen and oxygen atoms in total. The van der Waals surface area contributed by atoms with E-state index in [0.29, 0.717) is 18.8 Å². The van der Waals surface area contributed by atoms with E-state index in [4.69, 9.17) is 10.5 Å². The van der Waals surface area contributed by atoms with Crippen LogP contribution in [0.5, 0.6) is 0 Å². The second-order valence-electron chi connectivity index (χ2n) is 3.91. The van der Waals surface area contributed by atoms with Crippen molar-refractivity contribution in [2.24, 2.45) is 5.73 Å². The Balaban J connectivity index is 2.46. The van der Waals surface area contributed by atoms with Gasteiger partial charge in [0.2, 0.25) is 5.91 Å². The van der Waals surface area contributed by atoms with Gasteiger partial charge in [0.1, 0.15) is 0 Å². The van der Waals surface area contributed by atoms with Crippen LogP contribution in [0.3, 0.4) is 0 Å². The molecule has 4 heteroatoms. The van der Waals surface area contributed by atoms with Crippen LogP contribution in [0.2, 0.25) is 0 Å². The van der Waals surface area contributed by atoms with Gasteiger partial charge in [0.05, 0.1) is 13.2 Å². The second-order valence-corrected chi connectivity index (χ2v) is 3.91. The first-order valence-corrected chi connectivity index (χ1v) is 5.83. The lowest BCUT2D eigenvalue weighted by Gasteiger charge is -2.08. The number of hydrogen-bond donors (Lipinski definition) is 2. The zero-order valence-electron chi connectivity index (χ0n) is 10.5. The molecule has 0 spiro atoms. The highest BCUT2D eigenvalue weighted by Gasteiger charge is 2.04. The van der Waals surface area contributed by atoms with Crippen LogP contribution < -0.4 is 11.1 Å². The van der Waals surface area contributed by atoms with Gasteiger partial charge in [-0.25, -0.2) is 0 Å². The van der Waals surface area contributed by atoms with Gasteiger partial charge in [-0.3, -0.25) is 4.79 Å². The molecule has 0 aliphatic rings. The third-order valence-corrected chi connectivity index (χ3v) is 2.56. The van der Waals surface area contributed by atoms with Gasteiger partial charge in [-0.2, -0.15) is 0 Å². The normalized spacial score (nSPS) is 10.5. The van der Waals surface area contributed by atoms with Crippen molar-refractivity contribution in [2.75, 3.05) is 19.7 Å². The Morgan fingerprint density at radius 2 is 2.24 bits per heavy atom. The van der Waals surface area contributed by atoms with Crippen LogP contribution in [0.15, 0.2) is 18.2 Å². The van der Waals surface area contributed by atoms with Crippen LogP contribution >= 0.6 is 0 Å². The van der Waals surface area contributed by atoms with Gasteiger partial charge in [0, 0.05) is 12.1 Å². The third-order valence-electron chi connectivity index (χ3n) is 2.56. The molecule has 0 unspecified atom stereocenters. The molecule has 1 aromatic carbocycles. The minimum Gasteiger partial charge on any atom is -0.375 e. The summed E-state index contributed by atoms with van der Waals surface area (Å²) in [7, 11) is 0. The van der Waals surface area contributed by atoms with Gasteiger partial charge in [-0.15, -0.1) is 0 Å². The number of benzene rings is 1. The number of likely N-dealkylation sites (N-methyl/N-ethyl adjacent to an activating group) is 1. The van der Waals surface area contributed by atoms with E-state index in [-0.39, 0.29) is 0 Å². The van der Waals surface area contributed by atoms with Gasteiger partial charge >= 0.3 is 0 Å². The molecule has 0 atom stereocenters. The molecule has 0 aliphatic heterocycles. The van der Waals surface area contributed by atoms with Crippen LogP contribution in [-0.2, 0) is 11.3 Å². The van der Waals surface area contributed by atoms with Gasteiger partial charge in [-0.1, -0.05) is 13.0 Å². The van der Waals surface area contributed by atoms with Gasteiger partial charge in [0.15, 0.2) is 0 Å². The number of primary amides is 1. The minimum atomic E-state index is -0.396. The summed E-state index contributed by atoms with van der Waals surface area (Å²) < 4.78 is 5.52. The lowest BCUT2D eigenvalue weighted by atomic mass is 10.1. The van der Waals surface area contributed by atoms with Crippen molar-refractivity contribution in [3.05, 3.63) is 34.9 Å². The molecular formula is C13H20N2O2. The number of aryl methyl sites for hydroxylation is 1. The number of amides is 1. The summed E-state index contributed by atoms with van der Waals surface area (Å²) in [6, 6.07) is 5.42. The predicted octanol–water partition coefficient (Wildman–Crippen LogP) is 1.22. The van der Waals surface area contributed by atoms with Crippen molar-refractivity contribution in [1.29, 1.82) is 0 Å². The van der Waals surface area contributed by atoms with Crippen molar-refractivity contribution < 1.29 is 9.53 Å². The molecule has 0 aromatic heterocycles. The SMILES string of the molecule is CCNCCOCc1ccc(C(N)=O)cc1C. The maximum atomic E-state index is 11.0. The highest BCUT2D eigenvalue weighted by Crippen LogP contribution is 2.11. The fraction of sp³-hybridized carbons (Fsp3) is 0.462. The first-order valence-electron chi connectivity index (χ1n) is 5.83. The smallest absolute Gasteiger partial charge is 0.248 e. The summed E-state index contributed by atoms with van der Waals surface area (Å²) in [5.74, 6) is -0.396. The van der Waals surface area contributed by atoms with E-state index >= 15 is 0 Å². The standard InChI is InChI=1S/C13H20N2O2/c1-3-15-6-7-17-9-12-5-4-11(13(14)16)8-10(12)2/h4-5,8,15H,3,6-7,9H2,1-2H3,(H2,14,16). The monoisotopic (exact) mass is 236 g/mol. The Kier molecular flexibility index (Phi) is 5.66. The summed E-state index contributed by atoms with van der Waals surface area (Å²) in [5.41, 5.74) is 7.87. The molecule has 0 saturated carbocycles. The van der Waals surface area contributed by atoms with E-state index in [0.717, 1.165) is 24.2 Å². The number of hydrogen-bond acceptors (Lipinski definition) is 3. The highest BCUT2D eigenvalue weighted by atomic mass is 16.5. The van der Waals surface area contributed by atoms with E-state index < -0.39 is 5.91 Å². The molecule has 94 valence electrons. The first-order chi connectivity index (χ1) is 8.15. The first kappa shape index (κ1) is 13.7. The average Bonchev–Trinajstić information content (AvgIpc) is 2.30. The number of ether oxygens (including phenoxy) is 1. The fourth-order valence-electron chi connectivity index (χ4n) is 1.51. The molecule has 1 aromatic rings. The largest absolute Gasteiger partial charge is 0.375 e. The topological polar surface area (TPSA) is 64.3 Å². The van der Waals surface area contributed by atoms with E-state index in [9.17, 15) is 4.79 Å². The third kappa shape index (κ3) is 4.54. The summed E-state index contributed by atoms with van der Waals surface area (Å²) in [6.45, 7) is 7.08.